The molecule has 0 fully saturated rings. The number of oxazole rings is 1. The van der Waals surface area contributed by atoms with Gasteiger partial charge in [0, 0.05) is 20.7 Å². The minimum Gasteiger partial charge on any atom is -0.436 e. The standard InChI is InChI=1S/C22H14Br2N2O/c23-17-7-1-4-15(12-17)5-3-11-25-19-9-10-21-20(14-19)26-22(27-21)16-6-2-8-18(24)13-16/h1-14H. The number of hydrogen-bond donors (Lipinski definition) is 0. The second-order valence-corrected chi connectivity index (χ2v) is 7.71. The Bertz CT molecular complexity index is 1160. The van der Waals surface area contributed by atoms with E-state index in [1.165, 1.54) is 0 Å². The average Bonchev–Trinajstić information content (AvgIpc) is 3.09. The van der Waals surface area contributed by atoms with Gasteiger partial charge in [0.15, 0.2) is 5.58 Å². The molecule has 0 amide bonds. The van der Waals surface area contributed by atoms with E-state index in [-0.39, 0.29) is 0 Å². The summed E-state index contributed by atoms with van der Waals surface area (Å²) in [7, 11) is 0. The topological polar surface area (TPSA) is 38.4 Å². The van der Waals surface area contributed by atoms with Crippen LogP contribution >= 0.6 is 31.9 Å². The Balaban J connectivity index is 1.54. The number of halogens is 2. The largest absolute Gasteiger partial charge is 0.436 e. The first kappa shape index (κ1) is 17.9. The van der Waals surface area contributed by atoms with Crippen LogP contribution in [0.2, 0.25) is 0 Å². The van der Waals surface area contributed by atoms with Crippen molar-refractivity contribution in [3.8, 4) is 11.5 Å². The predicted molar refractivity (Wildman–Crippen MR) is 118 cm³/mol. The molecule has 5 heteroatoms. The normalized spacial score (nSPS) is 11.8. The predicted octanol–water partition coefficient (Wildman–Crippen LogP) is 7.44. The summed E-state index contributed by atoms with van der Waals surface area (Å²) in [6.07, 6.45) is 5.70. The molecule has 1 aromatic heterocycles. The second-order valence-electron chi connectivity index (χ2n) is 5.87. The van der Waals surface area contributed by atoms with Crippen LogP contribution in [0, 0.1) is 0 Å². The molecule has 0 spiro atoms. The Morgan fingerprint density at radius 3 is 2.52 bits per heavy atom. The maximum absolute atomic E-state index is 5.86. The summed E-state index contributed by atoms with van der Waals surface area (Å²) in [4.78, 5) is 9.06. The molecule has 27 heavy (non-hydrogen) atoms. The molecule has 0 saturated carbocycles. The third-order valence-corrected chi connectivity index (χ3v) is 4.88. The molecular formula is C22H14Br2N2O. The average molecular weight is 482 g/mol. The van der Waals surface area contributed by atoms with Gasteiger partial charge >= 0.3 is 0 Å². The second kappa shape index (κ2) is 8.03. The van der Waals surface area contributed by atoms with E-state index < -0.39 is 0 Å². The zero-order valence-corrected chi connectivity index (χ0v) is 17.3. The van der Waals surface area contributed by atoms with Crippen molar-refractivity contribution in [2.45, 2.75) is 0 Å². The molecule has 3 aromatic carbocycles. The molecule has 4 aromatic rings. The summed E-state index contributed by atoms with van der Waals surface area (Å²) in [6.45, 7) is 0. The number of aromatic nitrogens is 1. The van der Waals surface area contributed by atoms with Crippen LogP contribution in [-0.2, 0) is 0 Å². The van der Waals surface area contributed by atoms with Gasteiger partial charge in [0.05, 0.1) is 5.69 Å². The van der Waals surface area contributed by atoms with Crippen molar-refractivity contribution < 1.29 is 4.42 Å². The molecule has 0 unspecified atom stereocenters. The molecule has 0 radical (unpaired) electrons. The van der Waals surface area contributed by atoms with Crippen LogP contribution in [0.3, 0.4) is 0 Å². The number of rotatable bonds is 4. The molecule has 132 valence electrons. The van der Waals surface area contributed by atoms with Gasteiger partial charge in [-0.3, -0.25) is 4.99 Å². The van der Waals surface area contributed by atoms with Gasteiger partial charge in [-0.15, -0.1) is 0 Å². The van der Waals surface area contributed by atoms with Crippen molar-refractivity contribution in [3.63, 3.8) is 0 Å². The Kier molecular flexibility index (Phi) is 5.32. The van der Waals surface area contributed by atoms with E-state index in [1.807, 2.05) is 72.8 Å². The van der Waals surface area contributed by atoms with Crippen LogP contribution in [-0.4, -0.2) is 11.2 Å². The van der Waals surface area contributed by atoms with Gasteiger partial charge in [-0.1, -0.05) is 56.1 Å². The molecule has 0 bridgehead atoms. The maximum atomic E-state index is 5.86. The third-order valence-electron chi connectivity index (χ3n) is 3.89. The molecule has 4 rings (SSSR count). The van der Waals surface area contributed by atoms with E-state index in [9.17, 15) is 0 Å². The summed E-state index contributed by atoms with van der Waals surface area (Å²) in [5.41, 5.74) is 4.41. The number of hydrogen-bond acceptors (Lipinski definition) is 3. The highest BCUT2D eigenvalue weighted by Gasteiger charge is 2.08. The minimum atomic E-state index is 0.599. The van der Waals surface area contributed by atoms with Gasteiger partial charge in [0.2, 0.25) is 5.89 Å². The zero-order valence-electron chi connectivity index (χ0n) is 14.1. The first-order valence-electron chi connectivity index (χ1n) is 8.30. The minimum absolute atomic E-state index is 0.599. The van der Waals surface area contributed by atoms with Crippen LogP contribution in [0.5, 0.6) is 0 Å². The van der Waals surface area contributed by atoms with Gasteiger partial charge in [0.1, 0.15) is 5.52 Å². The monoisotopic (exact) mass is 480 g/mol. The maximum Gasteiger partial charge on any atom is 0.227 e. The molecule has 0 saturated heterocycles. The van der Waals surface area contributed by atoms with Gasteiger partial charge in [-0.25, -0.2) is 4.98 Å². The quantitative estimate of drug-likeness (QED) is 0.284. The molecule has 1 heterocycles. The zero-order chi connectivity index (χ0) is 18.6. The lowest BCUT2D eigenvalue weighted by Crippen LogP contribution is -1.76. The van der Waals surface area contributed by atoms with Crippen LogP contribution in [0.15, 0.2) is 91.2 Å². The first-order chi connectivity index (χ1) is 13.2. The molecular weight excluding hydrogens is 468 g/mol. The summed E-state index contributed by atoms with van der Waals surface area (Å²) < 4.78 is 7.90. The summed E-state index contributed by atoms with van der Waals surface area (Å²) in [6, 6.07) is 21.7. The van der Waals surface area contributed by atoms with Gasteiger partial charge in [-0.05, 0) is 60.2 Å². The molecule has 0 aliphatic carbocycles. The van der Waals surface area contributed by atoms with E-state index >= 15 is 0 Å². The van der Waals surface area contributed by atoms with Crippen molar-refractivity contribution in [2.75, 3.05) is 0 Å². The molecule has 0 aliphatic heterocycles. The molecule has 0 N–H and O–H groups in total. The Hall–Kier alpha value is -2.50. The fraction of sp³-hybridized carbons (Fsp3) is 0. The van der Waals surface area contributed by atoms with Crippen molar-refractivity contribution in [2.24, 2.45) is 4.99 Å². The van der Waals surface area contributed by atoms with E-state index in [0.717, 1.165) is 36.9 Å². The van der Waals surface area contributed by atoms with E-state index in [2.05, 4.69) is 47.9 Å². The van der Waals surface area contributed by atoms with Crippen molar-refractivity contribution in [1.82, 2.24) is 4.98 Å². The van der Waals surface area contributed by atoms with Gasteiger partial charge < -0.3 is 4.42 Å². The van der Waals surface area contributed by atoms with Crippen molar-refractivity contribution in [1.29, 1.82) is 0 Å². The number of aliphatic imine (C=N–C) groups is 1. The summed E-state index contributed by atoms with van der Waals surface area (Å²) in [5, 5.41) is 0. The number of fused-ring (bicyclic) bond motifs is 1. The Morgan fingerprint density at radius 1 is 0.889 bits per heavy atom. The highest BCUT2D eigenvalue weighted by molar-refractivity contribution is 9.10. The summed E-state index contributed by atoms with van der Waals surface area (Å²) in [5.74, 6) is 0.599. The third kappa shape index (κ3) is 4.43. The number of benzene rings is 3. The van der Waals surface area contributed by atoms with Crippen LogP contribution < -0.4 is 0 Å². The van der Waals surface area contributed by atoms with E-state index in [0.29, 0.717) is 5.89 Å². The van der Waals surface area contributed by atoms with Crippen molar-refractivity contribution in [3.05, 3.63) is 87.3 Å². The SMILES string of the molecule is Brc1cccc(C=CC=Nc2ccc3oc(-c4cccc(Br)c4)nc3c2)c1. The highest BCUT2D eigenvalue weighted by atomic mass is 79.9. The lowest BCUT2D eigenvalue weighted by molar-refractivity contribution is 0.620. The number of nitrogens with zero attached hydrogens (tertiary/aromatic N) is 2. The van der Waals surface area contributed by atoms with Crippen LogP contribution in [0.25, 0.3) is 28.6 Å². The molecule has 0 aliphatic rings. The van der Waals surface area contributed by atoms with Gasteiger partial charge in [0.25, 0.3) is 0 Å². The Labute approximate surface area is 173 Å². The van der Waals surface area contributed by atoms with E-state index in [1.54, 1.807) is 6.21 Å². The lowest BCUT2D eigenvalue weighted by atomic mass is 10.2. The van der Waals surface area contributed by atoms with Crippen LogP contribution in [0.4, 0.5) is 5.69 Å². The first-order valence-corrected chi connectivity index (χ1v) is 9.89. The molecule has 3 nitrogen and oxygen atoms in total. The highest BCUT2D eigenvalue weighted by Crippen LogP contribution is 2.28. The molecule has 0 atom stereocenters. The van der Waals surface area contributed by atoms with Crippen LogP contribution in [0.1, 0.15) is 5.56 Å². The fourth-order valence-corrected chi connectivity index (χ4v) is 3.45. The summed E-state index contributed by atoms with van der Waals surface area (Å²) >= 11 is 6.94. The van der Waals surface area contributed by atoms with E-state index in [4.69, 9.17) is 4.42 Å². The fourth-order valence-electron chi connectivity index (χ4n) is 2.63. The smallest absolute Gasteiger partial charge is 0.227 e. The lowest BCUT2D eigenvalue weighted by Gasteiger charge is -1.94. The number of allylic oxidation sites excluding steroid dienone is 1. The Morgan fingerprint density at radius 2 is 1.70 bits per heavy atom. The van der Waals surface area contributed by atoms with Crippen molar-refractivity contribution >= 4 is 60.9 Å². The van der Waals surface area contributed by atoms with Gasteiger partial charge in [-0.2, -0.15) is 0 Å².